The molecule has 1 fully saturated rings. The number of fused-ring (bicyclic) bond motifs is 1. The molecule has 4 aromatic rings. The van der Waals surface area contributed by atoms with Crippen LogP contribution in [0.5, 0.6) is 0 Å². The summed E-state index contributed by atoms with van der Waals surface area (Å²) in [6.07, 6.45) is 2.52. The van der Waals surface area contributed by atoms with Crippen molar-refractivity contribution in [2.75, 3.05) is 24.5 Å². The molecule has 0 spiro atoms. The zero-order valence-electron chi connectivity index (χ0n) is 19.9. The molecule has 180 valence electrons. The summed E-state index contributed by atoms with van der Waals surface area (Å²) in [5, 5.41) is 5.15. The number of rotatable bonds is 7. The van der Waals surface area contributed by atoms with Gasteiger partial charge in [0.05, 0.1) is 23.5 Å². The molecule has 0 aliphatic carbocycles. The Labute approximate surface area is 209 Å². The van der Waals surface area contributed by atoms with E-state index in [2.05, 4.69) is 48.0 Å². The van der Waals surface area contributed by atoms with Gasteiger partial charge in [-0.15, -0.1) is 11.3 Å². The van der Waals surface area contributed by atoms with Crippen LogP contribution in [0.25, 0.3) is 11.0 Å². The summed E-state index contributed by atoms with van der Waals surface area (Å²) in [7, 11) is 0. The predicted molar refractivity (Wildman–Crippen MR) is 142 cm³/mol. The minimum absolute atomic E-state index is 0.0621. The fourth-order valence-corrected chi connectivity index (χ4v) is 5.42. The second-order valence-corrected chi connectivity index (χ2v) is 10.2. The van der Waals surface area contributed by atoms with Gasteiger partial charge >= 0.3 is 0 Å². The molecule has 7 heteroatoms. The highest BCUT2D eigenvalue weighted by Gasteiger charge is 2.28. The second kappa shape index (κ2) is 10.4. The molecule has 3 heterocycles. The van der Waals surface area contributed by atoms with Crippen LogP contribution in [0.15, 0.2) is 70.8 Å². The SMILES string of the molecule is Cc1ccc(Cn2c(=O)c(N3CCC[C@@H](C(=O)NCCc4cccs4)C3)nc3ccccc32)cc1. The Hall–Kier alpha value is -3.45. The molecule has 1 amide bonds. The monoisotopic (exact) mass is 486 g/mol. The minimum atomic E-state index is -0.148. The highest BCUT2D eigenvalue weighted by Crippen LogP contribution is 2.22. The number of piperidine rings is 1. The van der Waals surface area contributed by atoms with E-state index in [1.807, 2.05) is 39.8 Å². The van der Waals surface area contributed by atoms with Gasteiger partial charge in [0.15, 0.2) is 5.82 Å². The minimum Gasteiger partial charge on any atom is -0.355 e. The molecule has 2 aromatic heterocycles. The predicted octanol–water partition coefficient (Wildman–Crippen LogP) is 4.39. The number of carbonyl (C=O) groups excluding carboxylic acids is 1. The van der Waals surface area contributed by atoms with Gasteiger partial charge in [0.25, 0.3) is 5.56 Å². The second-order valence-electron chi connectivity index (χ2n) is 9.21. The number of hydrogen-bond acceptors (Lipinski definition) is 5. The van der Waals surface area contributed by atoms with Crippen molar-refractivity contribution >= 4 is 34.1 Å². The van der Waals surface area contributed by atoms with Crippen molar-refractivity contribution in [3.63, 3.8) is 0 Å². The third-order valence-electron chi connectivity index (χ3n) is 6.64. The Bertz CT molecular complexity index is 1360. The van der Waals surface area contributed by atoms with E-state index in [1.165, 1.54) is 10.4 Å². The van der Waals surface area contributed by atoms with E-state index in [0.29, 0.717) is 25.5 Å². The van der Waals surface area contributed by atoms with Gasteiger partial charge in [0.2, 0.25) is 5.91 Å². The summed E-state index contributed by atoms with van der Waals surface area (Å²) < 4.78 is 1.81. The van der Waals surface area contributed by atoms with Crippen LogP contribution in [0, 0.1) is 12.8 Å². The lowest BCUT2D eigenvalue weighted by molar-refractivity contribution is -0.125. The first-order valence-corrected chi connectivity index (χ1v) is 13.1. The molecule has 1 aliphatic rings. The zero-order valence-corrected chi connectivity index (χ0v) is 20.8. The molecule has 35 heavy (non-hydrogen) atoms. The number of thiophene rings is 1. The molecule has 1 aliphatic heterocycles. The van der Waals surface area contributed by atoms with Crippen molar-refractivity contribution in [2.24, 2.45) is 5.92 Å². The molecule has 0 bridgehead atoms. The molecule has 1 atom stereocenters. The highest BCUT2D eigenvalue weighted by atomic mass is 32.1. The molecular weight excluding hydrogens is 456 g/mol. The largest absolute Gasteiger partial charge is 0.355 e. The maximum Gasteiger partial charge on any atom is 0.294 e. The van der Waals surface area contributed by atoms with Gasteiger partial charge in [-0.2, -0.15) is 0 Å². The quantitative estimate of drug-likeness (QED) is 0.421. The van der Waals surface area contributed by atoms with E-state index in [4.69, 9.17) is 4.98 Å². The van der Waals surface area contributed by atoms with Crippen molar-refractivity contribution in [2.45, 2.75) is 32.7 Å². The van der Waals surface area contributed by atoms with Gasteiger partial charge in [-0.1, -0.05) is 48.0 Å². The molecular formula is C28H30N4O2S. The van der Waals surface area contributed by atoms with Gasteiger partial charge in [-0.25, -0.2) is 4.98 Å². The molecule has 1 saturated heterocycles. The van der Waals surface area contributed by atoms with Gasteiger partial charge in [0, 0.05) is 24.5 Å². The summed E-state index contributed by atoms with van der Waals surface area (Å²) in [6, 6.07) is 20.2. The van der Waals surface area contributed by atoms with Gasteiger partial charge < -0.3 is 10.2 Å². The Morgan fingerprint density at radius 1 is 1.11 bits per heavy atom. The van der Waals surface area contributed by atoms with Crippen molar-refractivity contribution in [1.82, 2.24) is 14.9 Å². The van der Waals surface area contributed by atoms with Crippen molar-refractivity contribution in [1.29, 1.82) is 0 Å². The van der Waals surface area contributed by atoms with E-state index in [9.17, 15) is 9.59 Å². The summed E-state index contributed by atoms with van der Waals surface area (Å²) in [6.45, 7) is 4.41. The fraction of sp³-hybridized carbons (Fsp3) is 0.321. The van der Waals surface area contributed by atoms with Crippen LogP contribution in [0.1, 0.15) is 28.8 Å². The Kier molecular flexibility index (Phi) is 6.95. The Balaban J connectivity index is 1.37. The Morgan fingerprint density at radius 3 is 2.74 bits per heavy atom. The average Bonchev–Trinajstić information content (AvgIpc) is 3.40. The number of benzene rings is 2. The zero-order chi connectivity index (χ0) is 24.2. The molecule has 1 N–H and O–H groups in total. The maximum absolute atomic E-state index is 13.7. The van der Waals surface area contributed by atoms with Crippen LogP contribution in [0.3, 0.4) is 0 Å². The van der Waals surface area contributed by atoms with E-state index < -0.39 is 0 Å². The first-order chi connectivity index (χ1) is 17.1. The molecule has 0 radical (unpaired) electrons. The van der Waals surface area contributed by atoms with Gasteiger partial charge in [-0.3, -0.25) is 14.2 Å². The number of hydrogen-bond donors (Lipinski definition) is 1. The van der Waals surface area contributed by atoms with Crippen LogP contribution in [0.4, 0.5) is 5.82 Å². The highest BCUT2D eigenvalue weighted by molar-refractivity contribution is 7.09. The number of anilines is 1. The summed E-state index contributed by atoms with van der Waals surface area (Å²) >= 11 is 1.71. The van der Waals surface area contributed by atoms with Gasteiger partial charge in [0.1, 0.15) is 0 Å². The molecule has 0 saturated carbocycles. The molecule has 6 nitrogen and oxygen atoms in total. The summed E-state index contributed by atoms with van der Waals surface area (Å²) in [5.74, 6) is 0.351. The third kappa shape index (κ3) is 5.30. The van der Waals surface area contributed by atoms with Crippen molar-refractivity contribution in [3.8, 4) is 0 Å². The third-order valence-corrected chi connectivity index (χ3v) is 7.58. The normalized spacial score (nSPS) is 15.9. The van der Waals surface area contributed by atoms with Crippen LogP contribution >= 0.6 is 11.3 Å². The molecule has 0 unspecified atom stereocenters. The number of amides is 1. The Morgan fingerprint density at radius 2 is 1.94 bits per heavy atom. The number of nitrogens with zero attached hydrogens (tertiary/aromatic N) is 3. The van der Waals surface area contributed by atoms with E-state index >= 15 is 0 Å². The number of carbonyl (C=O) groups is 1. The number of para-hydroxylation sites is 2. The van der Waals surface area contributed by atoms with Crippen LogP contribution in [-0.4, -0.2) is 35.1 Å². The number of aryl methyl sites for hydroxylation is 1. The van der Waals surface area contributed by atoms with E-state index in [-0.39, 0.29) is 17.4 Å². The first kappa shape index (κ1) is 23.3. The summed E-state index contributed by atoms with van der Waals surface area (Å²) in [5.41, 5.74) is 3.76. The standard InChI is InChI=1S/C28H30N4O2S/c1-20-10-12-21(13-11-20)18-32-25-9-3-2-8-24(25)30-26(28(32)34)31-16-4-6-22(19-31)27(33)29-15-14-23-7-5-17-35-23/h2-3,5,7-13,17,22H,4,6,14-16,18-19H2,1H3,(H,29,33)/t22-/m1/s1. The van der Waals surface area contributed by atoms with Crippen molar-refractivity contribution < 1.29 is 4.79 Å². The molecule has 5 rings (SSSR count). The van der Waals surface area contributed by atoms with Crippen LogP contribution in [-0.2, 0) is 17.8 Å². The van der Waals surface area contributed by atoms with E-state index in [0.717, 1.165) is 42.4 Å². The summed E-state index contributed by atoms with van der Waals surface area (Å²) in [4.78, 5) is 34.6. The lowest BCUT2D eigenvalue weighted by Crippen LogP contribution is -2.46. The van der Waals surface area contributed by atoms with Crippen LogP contribution < -0.4 is 15.8 Å². The lowest BCUT2D eigenvalue weighted by Gasteiger charge is -2.32. The van der Waals surface area contributed by atoms with Crippen molar-refractivity contribution in [3.05, 3.63) is 92.4 Å². The maximum atomic E-state index is 13.7. The number of nitrogens with one attached hydrogen (secondary N) is 1. The molecule has 2 aromatic carbocycles. The lowest BCUT2D eigenvalue weighted by atomic mass is 9.97. The van der Waals surface area contributed by atoms with Crippen LogP contribution in [0.2, 0.25) is 0 Å². The fourth-order valence-electron chi connectivity index (χ4n) is 4.71. The topological polar surface area (TPSA) is 67.2 Å². The first-order valence-electron chi connectivity index (χ1n) is 12.2. The van der Waals surface area contributed by atoms with E-state index in [1.54, 1.807) is 11.3 Å². The van der Waals surface area contributed by atoms with Gasteiger partial charge in [-0.05, 0) is 55.3 Å². The average molecular weight is 487 g/mol. The smallest absolute Gasteiger partial charge is 0.294 e. The number of aromatic nitrogens is 2.